The highest BCUT2D eigenvalue weighted by molar-refractivity contribution is 7.91. The molecule has 0 saturated carbocycles. The molecule has 0 unspecified atom stereocenters. The first-order chi connectivity index (χ1) is 7.56. The lowest BCUT2D eigenvalue weighted by atomic mass is 10.4. The van der Waals surface area contributed by atoms with Gasteiger partial charge in [-0.1, -0.05) is 18.5 Å². The Hall–Kier alpha value is -0.290. The van der Waals surface area contributed by atoms with Crippen molar-refractivity contribution >= 4 is 33.8 Å². The van der Waals surface area contributed by atoms with Gasteiger partial charge < -0.3 is 5.32 Å². The molecule has 1 aromatic rings. The van der Waals surface area contributed by atoms with Crippen LogP contribution >= 0.6 is 24.0 Å². The fourth-order valence-electron chi connectivity index (χ4n) is 1.32. The number of hydrogen-bond acceptors (Lipinski definition) is 3. The molecule has 17 heavy (non-hydrogen) atoms. The SMILES string of the molecule is CCNCCCS(=O)(=O)c1ccc(Cl)cc1.Cl. The van der Waals surface area contributed by atoms with Crippen molar-refractivity contribution < 1.29 is 8.42 Å². The Kier molecular flexibility index (Phi) is 7.79. The quantitative estimate of drug-likeness (QED) is 0.821. The largest absolute Gasteiger partial charge is 0.317 e. The topological polar surface area (TPSA) is 46.2 Å². The number of benzene rings is 1. The van der Waals surface area contributed by atoms with E-state index in [9.17, 15) is 8.42 Å². The minimum atomic E-state index is -3.16. The lowest BCUT2D eigenvalue weighted by Crippen LogP contribution is -2.18. The lowest BCUT2D eigenvalue weighted by molar-refractivity contribution is 0.590. The smallest absolute Gasteiger partial charge is 0.178 e. The molecule has 98 valence electrons. The molecule has 1 rings (SSSR count). The van der Waals surface area contributed by atoms with Crippen LogP contribution in [-0.4, -0.2) is 27.3 Å². The summed E-state index contributed by atoms with van der Waals surface area (Å²) in [7, 11) is -3.16. The molecule has 0 aliphatic heterocycles. The Bertz CT molecular complexity index is 418. The Morgan fingerprint density at radius 2 is 1.82 bits per heavy atom. The molecule has 0 radical (unpaired) electrons. The van der Waals surface area contributed by atoms with E-state index in [0.29, 0.717) is 16.3 Å². The summed E-state index contributed by atoms with van der Waals surface area (Å²) >= 11 is 5.70. The molecule has 0 fully saturated rings. The van der Waals surface area contributed by atoms with E-state index in [-0.39, 0.29) is 18.2 Å². The van der Waals surface area contributed by atoms with E-state index >= 15 is 0 Å². The van der Waals surface area contributed by atoms with Crippen LogP contribution < -0.4 is 5.32 Å². The van der Waals surface area contributed by atoms with Gasteiger partial charge >= 0.3 is 0 Å². The molecule has 1 aromatic carbocycles. The van der Waals surface area contributed by atoms with Gasteiger partial charge in [-0.3, -0.25) is 0 Å². The molecule has 0 heterocycles. The van der Waals surface area contributed by atoms with Crippen LogP contribution in [0.1, 0.15) is 13.3 Å². The molecular weight excluding hydrogens is 281 g/mol. The highest BCUT2D eigenvalue weighted by Gasteiger charge is 2.13. The first kappa shape index (κ1) is 16.7. The Morgan fingerprint density at radius 3 is 2.35 bits per heavy atom. The van der Waals surface area contributed by atoms with Crippen molar-refractivity contribution in [3.05, 3.63) is 29.3 Å². The molecule has 1 N–H and O–H groups in total. The van der Waals surface area contributed by atoms with Crippen LogP contribution in [0.2, 0.25) is 5.02 Å². The van der Waals surface area contributed by atoms with E-state index in [1.807, 2.05) is 6.92 Å². The predicted molar refractivity (Wildman–Crippen MR) is 73.9 cm³/mol. The first-order valence-electron chi connectivity index (χ1n) is 5.25. The molecular formula is C11H17Cl2NO2S. The summed E-state index contributed by atoms with van der Waals surface area (Å²) < 4.78 is 23.7. The molecule has 0 aliphatic carbocycles. The van der Waals surface area contributed by atoms with Crippen LogP contribution in [0.3, 0.4) is 0 Å². The summed E-state index contributed by atoms with van der Waals surface area (Å²) in [5, 5.41) is 3.64. The number of nitrogens with one attached hydrogen (secondary N) is 1. The van der Waals surface area contributed by atoms with Gasteiger partial charge in [0.2, 0.25) is 0 Å². The standard InChI is InChI=1S/C11H16ClNO2S.ClH/c1-2-13-8-3-9-16(14,15)11-6-4-10(12)5-7-11;/h4-7,13H,2-3,8-9H2,1H3;1H. The summed E-state index contributed by atoms with van der Waals surface area (Å²) in [6.45, 7) is 3.58. The summed E-state index contributed by atoms with van der Waals surface area (Å²) in [6, 6.07) is 6.29. The van der Waals surface area contributed by atoms with Crippen LogP contribution in [0.25, 0.3) is 0 Å². The fourth-order valence-corrected chi connectivity index (χ4v) is 2.76. The van der Waals surface area contributed by atoms with Crippen molar-refractivity contribution in [1.29, 1.82) is 0 Å². The van der Waals surface area contributed by atoms with Gasteiger partial charge in [0.25, 0.3) is 0 Å². The predicted octanol–water partition coefficient (Wildman–Crippen LogP) is 2.54. The summed E-state index contributed by atoms with van der Waals surface area (Å²) in [6.07, 6.45) is 0.624. The molecule has 0 bridgehead atoms. The Morgan fingerprint density at radius 1 is 1.24 bits per heavy atom. The van der Waals surface area contributed by atoms with Crippen LogP contribution in [0.5, 0.6) is 0 Å². The third kappa shape index (κ3) is 5.73. The van der Waals surface area contributed by atoms with Crippen molar-refractivity contribution in [2.45, 2.75) is 18.2 Å². The van der Waals surface area contributed by atoms with E-state index < -0.39 is 9.84 Å². The second-order valence-electron chi connectivity index (χ2n) is 3.48. The number of sulfone groups is 1. The molecule has 0 aromatic heterocycles. The maximum absolute atomic E-state index is 11.8. The Labute approximate surface area is 114 Å². The van der Waals surface area contributed by atoms with Gasteiger partial charge in [-0.25, -0.2) is 8.42 Å². The van der Waals surface area contributed by atoms with Gasteiger partial charge in [0.05, 0.1) is 10.6 Å². The zero-order valence-corrected chi connectivity index (χ0v) is 12.0. The molecule has 0 amide bonds. The summed E-state index contributed by atoms with van der Waals surface area (Å²) in [4.78, 5) is 0.341. The number of rotatable bonds is 6. The lowest BCUT2D eigenvalue weighted by Gasteiger charge is -2.04. The van der Waals surface area contributed by atoms with E-state index in [2.05, 4.69) is 5.32 Å². The molecule has 0 aliphatic rings. The molecule has 0 saturated heterocycles. The second-order valence-corrected chi connectivity index (χ2v) is 6.03. The highest BCUT2D eigenvalue weighted by Crippen LogP contribution is 2.15. The van der Waals surface area contributed by atoms with Gasteiger partial charge in [0, 0.05) is 5.02 Å². The minimum absolute atomic E-state index is 0. The second kappa shape index (κ2) is 7.93. The Balaban J connectivity index is 0.00000256. The van der Waals surface area contributed by atoms with E-state index in [1.54, 1.807) is 24.3 Å². The summed E-state index contributed by atoms with van der Waals surface area (Å²) in [5.41, 5.74) is 0. The zero-order valence-electron chi connectivity index (χ0n) is 9.65. The van der Waals surface area contributed by atoms with E-state index in [1.165, 1.54) is 0 Å². The van der Waals surface area contributed by atoms with Gasteiger partial charge in [-0.15, -0.1) is 12.4 Å². The van der Waals surface area contributed by atoms with Gasteiger partial charge in [0.15, 0.2) is 9.84 Å². The van der Waals surface area contributed by atoms with Gasteiger partial charge in [-0.2, -0.15) is 0 Å². The average molecular weight is 298 g/mol. The average Bonchev–Trinajstić information content (AvgIpc) is 2.25. The van der Waals surface area contributed by atoms with Crippen LogP contribution in [0.15, 0.2) is 29.2 Å². The fraction of sp³-hybridized carbons (Fsp3) is 0.455. The first-order valence-corrected chi connectivity index (χ1v) is 7.28. The highest BCUT2D eigenvalue weighted by atomic mass is 35.5. The third-order valence-corrected chi connectivity index (χ3v) is 4.26. The van der Waals surface area contributed by atoms with Crippen molar-refractivity contribution in [2.24, 2.45) is 0 Å². The van der Waals surface area contributed by atoms with Crippen LogP contribution in [0, 0.1) is 0 Å². The van der Waals surface area contributed by atoms with Crippen LogP contribution in [-0.2, 0) is 9.84 Å². The monoisotopic (exact) mass is 297 g/mol. The van der Waals surface area contributed by atoms with E-state index in [0.717, 1.165) is 13.1 Å². The molecule has 0 spiro atoms. The van der Waals surface area contributed by atoms with Gasteiger partial charge in [-0.05, 0) is 43.8 Å². The zero-order chi connectivity index (χ0) is 12.0. The van der Waals surface area contributed by atoms with Crippen molar-refractivity contribution in [2.75, 3.05) is 18.8 Å². The molecule has 0 atom stereocenters. The maximum atomic E-state index is 11.8. The van der Waals surface area contributed by atoms with Crippen molar-refractivity contribution in [3.63, 3.8) is 0 Å². The number of hydrogen-bond donors (Lipinski definition) is 1. The normalized spacial score (nSPS) is 10.9. The van der Waals surface area contributed by atoms with Gasteiger partial charge in [0.1, 0.15) is 0 Å². The maximum Gasteiger partial charge on any atom is 0.178 e. The number of halogens is 2. The molecule has 3 nitrogen and oxygen atoms in total. The van der Waals surface area contributed by atoms with Crippen molar-refractivity contribution in [3.8, 4) is 0 Å². The third-order valence-electron chi connectivity index (χ3n) is 2.19. The minimum Gasteiger partial charge on any atom is -0.317 e. The molecule has 6 heteroatoms. The van der Waals surface area contributed by atoms with Crippen molar-refractivity contribution in [1.82, 2.24) is 5.32 Å². The van der Waals surface area contributed by atoms with Crippen LogP contribution in [0.4, 0.5) is 0 Å². The summed E-state index contributed by atoms with van der Waals surface area (Å²) in [5.74, 6) is 0.168. The van der Waals surface area contributed by atoms with E-state index in [4.69, 9.17) is 11.6 Å².